The van der Waals surface area contributed by atoms with Crippen molar-refractivity contribution < 1.29 is 14.5 Å². The number of hydrazone groups is 1. The second-order valence-corrected chi connectivity index (χ2v) is 8.80. The number of rotatable bonds is 7. The van der Waals surface area contributed by atoms with Gasteiger partial charge in [0.25, 0.3) is 17.5 Å². The highest BCUT2D eigenvalue weighted by Crippen LogP contribution is 2.21. The van der Waals surface area contributed by atoms with Gasteiger partial charge in [0.05, 0.1) is 11.1 Å². The molecule has 0 unspecified atom stereocenters. The molecule has 8 nitrogen and oxygen atoms in total. The predicted molar refractivity (Wildman–Crippen MR) is 136 cm³/mol. The molecule has 0 aliphatic carbocycles. The van der Waals surface area contributed by atoms with Crippen LogP contribution in [0.25, 0.3) is 6.08 Å². The van der Waals surface area contributed by atoms with E-state index in [1.54, 1.807) is 30.3 Å². The van der Waals surface area contributed by atoms with E-state index in [1.165, 1.54) is 42.1 Å². The molecule has 2 N–H and O–H groups in total. The largest absolute Gasteiger partial charge is 0.317 e. The fourth-order valence-corrected chi connectivity index (χ4v) is 3.10. The van der Waals surface area contributed by atoms with Gasteiger partial charge >= 0.3 is 0 Å². The number of nitrogens with one attached hydrogen (secondary N) is 2. The molecular weight excluding hydrogens is 444 g/mol. The number of hydrogen-bond donors (Lipinski definition) is 2. The normalized spacial score (nSPS) is 11.8. The molecule has 0 spiro atoms. The van der Waals surface area contributed by atoms with Crippen LogP contribution in [-0.4, -0.2) is 23.0 Å². The van der Waals surface area contributed by atoms with Crippen molar-refractivity contribution in [2.75, 3.05) is 0 Å². The molecule has 0 fully saturated rings. The van der Waals surface area contributed by atoms with Crippen LogP contribution in [0.1, 0.15) is 47.8 Å². The van der Waals surface area contributed by atoms with Crippen LogP contribution in [0.3, 0.4) is 0 Å². The van der Waals surface area contributed by atoms with Gasteiger partial charge in [-0.2, -0.15) is 5.10 Å². The summed E-state index contributed by atoms with van der Waals surface area (Å²) in [5, 5.41) is 17.5. The van der Waals surface area contributed by atoms with Gasteiger partial charge in [0.2, 0.25) is 0 Å². The monoisotopic (exact) mass is 470 g/mol. The molecule has 0 bridgehead atoms. The lowest BCUT2D eigenvalue weighted by Crippen LogP contribution is -2.32. The first-order valence-electron chi connectivity index (χ1n) is 10.9. The second kappa shape index (κ2) is 11.0. The lowest BCUT2D eigenvalue weighted by Gasteiger charge is -2.18. The zero-order valence-corrected chi connectivity index (χ0v) is 19.7. The number of carbonyl (C=O) groups excluding carboxylic acids is 2. The summed E-state index contributed by atoms with van der Waals surface area (Å²) in [5.74, 6) is -1.12. The molecule has 0 saturated carbocycles. The van der Waals surface area contributed by atoms with E-state index in [-0.39, 0.29) is 16.8 Å². The highest BCUT2D eigenvalue weighted by atomic mass is 16.6. The number of nitro groups is 1. The molecule has 3 aromatic rings. The number of hydrogen-bond acceptors (Lipinski definition) is 5. The number of carbonyl (C=O) groups is 2. The van der Waals surface area contributed by atoms with E-state index < -0.39 is 16.7 Å². The summed E-state index contributed by atoms with van der Waals surface area (Å²) < 4.78 is 0. The first kappa shape index (κ1) is 25.0. The highest BCUT2D eigenvalue weighted by molar-refractivity contribution is 6.05. The van der Waals surface area contributed by atoms with Gasteiger partial charge in [0.15, 0.2) is 0 Å². The van der Waals surface area contributed by atoms with Crippen molar-refractivity contribution in [3.8, 4) is 0 Å². The summed E-state index contributed by atoms with van der Waals surface area (Å²) in [5.41, 5.74) is 5.15. The topological polar surface area (TPSA) is 114 Å². The molecule has 3 rings (SSSR count). The molecule has 8 heteroatoms. The molecule has 0 radical (unpaired) electrons. The molecule has 0 aromatic heterocycles. The van der Waals surface area contributed by atoms with Gasteiger partial charge in [-0.3, -0.25) is 19.7 Å². The first-order valence-corrected chi connectivity index (χ1v) is 10.9. The molecule has 35 heavy (non-hydrogen) atoms. The van der Waals surface area contributed by atoms with Crippen molar-refractivity contribution in [1.29, 1.82) is 0 Å². The Balaban J connectivity index is 1.79. The average Bonchev–Trinajstić information content (AvgIpc) is 2.84. The molecule has 2 amide bonds. The zero-order valence-electron chi connectivity index (χ0n) is 19.7. The third-order valence-electron chi connectivity index (χ3n) is 5.10. The van der Waals surface area contributed by atoms with Crippen molar-refractivity contribution in [3.63, 3.8) is 0 Å². The lowest BCUT2D eigenvalue weighted by atomic mass is 9.87. The summed E-state index contributed by atoms with van der Waals surface area (Å²) in [6.45, 7) is 6.37. The quantitative estimate of drug-likeness (QED) is 0.223. The minimum Gasteiger partial charge on any atom is -0.317 e. The van der Waals surface area contributed by atoms with Crippen LogP contribution < -0.4 is 10.7 Å². The first-order chi connectivity index (χ1) is 16.6. The van der Waals surface area contributed by atoms with E-state index in [1.807, 2.05) is 24.3 Å². The van der Waals surface area contributed by atoms with Gasteiger partial charge in [0.1, 0.15) is 5.70 Å². The van der Waals surface area contributed by atoms with Crippen LogP contribution in [0.5, 0.6) is 0 Å². The third-order valence-corrected chi connectivity index (χ3v) is 5.10. The highest BCUT2D eigenvalue weighted by Gasteiger charge is 2.15. The SMILES string of the molecule is CC(C)(C)c1ccc(/C=N/NC(=O)/C(=C/c2ccc([N+](=O)[O-])cc2)NC(=O)c2ccccc2)cc1. The van der Waals surface area contributed by atoms with E-state index in [9.17, 15) is 19.7 Å². The van der Waals surface area contributed by atoms with Gasteiger partial charge in [0, 0.05) is 17.7 Å². The van der Waals surface area contributed by atoms with Crippen LogP contribution >= 0.6 is 0 Å². The summed E-state index contributed by atoms with van der Waals surface area (Å²) >= 11 is 0. The molecule has 0 aliphatic rings. The molecule has 0 aliphatic heterocycles. The molecule has 0 atom stereocenters. The maximum absolute atomic E-state index is 12.8. The maximum Gasteiger partial charge on any atom is 0.287 e. The fraction of sp³-hybridized carbons (Fsp3) is 0.148. The Morgan fingerprint density at radius 3 is 2.06 bits per heavy atom. The van der Waals surface area contributed by atoms with E-state index in [0.29, 0.717) is 11.1 Å². The Morgan fingerprint density at radius 2 is 1.49 bits per heavy atom. The van der Waals surface area contributed by atoms with Crippen LogP contribution in [0.2, 0.25) is 0 Å². The predicted octanol–water partition coefficient (Wildman–Crippen LogP) is 4.81. The van der Waals surface area contributed by atoms with Gasteiger partial charge in [-0.1, -0.05) is 63.2 Å². The number of amides is 2. The van der Waals surface area contributed by atoms with Crippen molar-refractivity contribution in [1.82, 2.24) is 10.7 Å². The van der Waals surface area contributed by atoms with Crippen LogP contribution in [0, 0.1) is 10.1 Å². The molecular formula is C27H26N4O4. The Labute approximate surface area is 203 Å². The minimum absolute atomic E-state index is 0.0262. The van der Waals surface area contributed by atoms with Crippen LogP contribution in [0.15, 0.2) is 89.7 Å². The van der Waals surface area contributed by atoms with Gasteiger partial charge in [-0.15, -0.1) is 0 Å². The molecule has 0 heterocycles. The van der Waals surface area contributed by atoms with E-state index >= 15 is 0 Å². The fourth-order valence-electron chi connectivity index (χ4n) is 3.10. The van der Waals surface area contributed by atoms with E-state index in [0.717, 1.165) is 5.56 Å². The van der Waals surface area contributed by atoms with Gasteiger partial charge in [-0.25, -0.2) is 5.43 Å². The molecule has 3 aromatic carbocycles. The van der Waals surface area contributed by atoms with E-state index in [4.69, 9.17) is 0 Å². The number of non-ortho nitro benzene ring substituents is 1. The van der Waals surface area contributed by atoms with Crippen LogP contribution in [0.4, 0.5) is 5.69 Å². The Kier molecular flexibility index (Phi) is 7.88. The Hall–Kier alpha value is -4.59. The minimum atomic E-state index is -0.643. The van der Waals surface area contributed by atoms with Crippen molar-refractivity contribution in [3.05, 3.63) is 117 Å². The van der Waals surface area contributed by atoms with Crippen molar-refractivity contribution in [2.24, 2.45) is 5.10 Å². The lowest BCUT2D eigenvalue weighted by molar-refractivity contribution is -0.384. The Bertz CT molecular complexity index is 1260. The smallest absolute Gasteiger partial charge is 0.287 e. The van der Waals surface area contributed by atoms with Crippen molar-refractivity contribution in [2.45, 2.75) is 26.2 Å². The van der Waals surface area contributed by atoms with Crippen molar-refractivity contribution >= 4 is 29.8 Å². The third kappa shape index (κ3) is 7.20. The summed E-state index contributed by atoms with van der Waals surface area (Å²) in [6, 6.07) is 21.9. The summed E-state index contributed by atoms with van der Waals surface area (Å²) in [7, 11) is 0. The average molecular weight is 471 g/mol. The van der Waals surface area contributed by atoms with Gasteiger partial charge < -0.3 is 5.32 Å². The van der Waals surface area contributed by atoms with Crippen LogP contribution in [-0.2, 0) is 10.2 Å². The Morgan fingerprint density at radius 1 is 0.886 bits per heavy atom. The number of benzene rings is 3. The number of nitro benzene ring substituents is 1. The molecule has 178 valence electrons. The summed E-state index contributed by atoms with van der Waals surface area (Å²) in [6.07, 6.45) is 2.93. The number of nitrogens with zero attached hydrogens (tertiary/aromatic N) is 2. The van der Waals surface area contributed by atoms with Gasteiger partial charge in [-0.05, 0) is 52.4 Å². The zero-order chi connectivity index (χ0) is 25.4. The maximum atomic E-state index is 12.8. The molecule has 0 saturated heterocycles. The standard InChI is InChI=1S/C27H26N4O4/c1-27(2,3)22-13-9-20(10-14-22)18-28-30-26(33)24(29-25(32)21-7-5-4-6-8-21)17-19-11-15-23(16-12-19)31(34)35/h4-18H,1-3H3,(H,29,32)(H,30,33)/b24-17-,28-18+. The second-order valence-electron chi connectivity index (χ2n) is 8.80. The summed E-state index contributed by atoms with van der Waals surface area (Å²) in [4.78, 5) is 35.9. The van der Waals surface area contributed by atoms with E-state index in [2.05, 4.69) is 36.6 Å².